The molecule has 0 spiro atoms. The minimum atomic E-state index is -2.91. The van der Waals surface area contributed by atoms with Crippen LogP contribution in [0.25, 0.3) is 0 Å². The summed E-state index contributed by atoms with van der Waals surface area (Å²) < 4.78 is 29.4. The molecule has 108 valence electrons. The van der Waals surface area contributed by atoms with E-state index in [9.17, 15) is 13.6 Å². The van der Waals surface area contributed by atoms with Crippen LogP contribution in [-0.2, 0) is 11.3 Å². The van der Waals surface area contributed by atoms with Crippen molar-refractivity contribution < 1.29 is 18.3 Å². The fraction of sp³-hybridized carbons (Fsp3) is 0.364. The minimum absolute atomic E-state index is 0. The van der Waals surface area contributed by atoms with Crippen molar-refractivity contribution in [1.82, 2.24) is 5.32 Å². The van der Waals surface area contributed by atoms with Crippen LogP contribution in [0.15, 0.2) is 22.7 Å². The molecule has 1 aromatic carbocycles. The first-order valence-electron chi connectivity index (χ1n) is 5.16. The molecular weight excluding hydrogens is 345 g/mol. The molecule has 0 radical (unpaired) electrons. The van der Waals surface area contributed by atoms with Gasteiger partial charge in [-0.15, -0.1) is 12.4 Å². The van der Waals surface area contributed by atoms with E-state index >= 15 is 0 Å². The lowest BCUT2D eigenvalue weighted by Gasteiger charge is -2.13. The Bertz CT molecular complexity index is 433. The van der Waals surface area contributed by atoms with Gasteiger partial charge in [-0.1, -0.05) is 15.9 Å². The lowest BCUT2D eigenvalue weighted by Crippen LogP contribution is -2.37. The average Bonchev–Trinajstić information content (AvgIpc) is 2.28. The van der Waals surface area contributed by atoms with Gasteiger partial charge in [-0.3, -0.25) is 4.79 Å². The Hall–Kier alpha value is -0.920. The maximum absolute atomic E-state index is 12.2. The highest BCUT2D eigenvalue weighted by Crippen LogP contribution is 2.24. The highest BCUT2D eigenvalue weighted by molar-refractivity contribution is 9.10. The van der Waals surface area contributed by atoms with Gasteiger partial charge in [0.25, 0.3) is 0 Å². The zero-order valence-electron chi connectivity index (χ0n) is 10.0. The van der Waals surface area contributed by atoms with Gasteiger partial charge >= 0.3 is 6.61 Å². The number of amides is 1. The highest BCUT2D eigenvalue weighted by atomic mass is 79.9. The number of nitrogens with one attached hydrogen (secondary N) is 1. The van der Waals surface area contributed by atoms with Crippen molar-refractivity contribution in [3.05, 3.63) is 28.2 Å². The Labute approximate surface area is 124 Å². The predicted molar refractivity (Wildman–Crippen MR) is 73.5 cm³/mol. The summed E-state index contributed by atoms with van der Waals surface area (Å²) in [5.74, 6) is -0.337. The van der Waals surface area contributed by atoms with Gasteiger partial charge in [0.1, 0.15) is 5.75 Å². The summed E-state index contributed by atoms with van der Waals surface area (Å²) in [7, 11) is 0. The molecule has 0 heterocycles. The monoisotopic (exact) mass is 358 g/mol. The van der Waals surface area contributed by atoms with Gasteiger partial charge in [0.2, 0.25) is 5.91 Å². The minimum Gasteiger partial charge on any atom is -0.434 e. The molecular formula is C11H14BrClF2N2O2. The summed E-state index contributed by atoms with van der Waals surface area (Å²) in [6, 6.07) is 3.92. The van der Waals surface area contributed by atoms with Gasteiger partial charge in [-0.05, 0) is 25.1 Å². The third-order valence-electron chi connectivity index (χ3n) is 2.11. The Kier molecular flexibility index (Phi) is 7.89. The number of alkyl halides is 2. The smallest absolute Gasteiger partial charge is 0.387 e. The molecule has 19 heavy (non-hydrogen) atoms. The van der Waals surface area contributed by atoms with Crippen LogP contribution in [0.5, 0.6) is 5.75 Å². The van der Waals surface area contributed by atoms with Crippen molar-refractivity contribution in [2.24, 2.45) is 5.73 Å². The first-order chi connectivity index (χ1) is 8.40. The van der Waals surface area contributed by atoms with E-state index in [-0.39, 0.29) is 30.6 Å². The van der Waals surface area contributed by atoms with Crippen LogP contribution in [-0.4, -0.2) is 18.6 Å². The summed E-state index contributed by atoms with van der Waals surface area (Å²) in [6.07, 6.45) is 0. The number of rotatable bonds is 5. The number of carbonyl (C=O) groups is 1. The fourth-order valence-corrected chi connectivity index (χ4v) is 1.65. The number of halogens is 4. The zero-order valence-corrected chi connectivity index (χ0v) is 12.4. The largest absolute Gasteiger partial charge is 0.434 e. The van der Waals surface area contributed by atoms with Crippen LogP contribution in [0.4, 0.5) is 8.78 Å². The molecule has 0 aliphatic carbocycles. The Morgan fingerprint density at radius 2 is 2.16 bits per heavy atom. The average molecular weight is 360 g/mol. The van der Waals surface area contributed by atoms with Crippen LogP contribution < -0.4 is 15.8 Å². The van der Waals surface area contributed by atoms with Crippen molar-refractivity contribution in [2.75, 3.05) is 0 Å². The molecule has 8 heteroatoms. The number of ether oxygens (including phenoxy) is 1. The van der Waals surface area contributed by atoms with Crippen LogP contribution in [0.1, 0.15) is 12.5 Å². The standard InChI is InChI=1S/C11H13BrF2N2O2.ClH/c1-6(15)10(17)16-5-7-4-8(12)2-3-9(7)18-11(13)14;/h2-4,6,11H,5,15H2,1H3,(H,16,17);1H/t6-;/m0./s1. The number of benzene rings is 1. The number of hydrogen-bond donors (Lipinski definition) is 2. The molecule has 1 aromatic rings. The van der Waals surface area contributed by atoms with E-state index in [4.69, 9.17) is 5.73 Å². The lowest BCUT2D eigenvalue weighted by atomic mass is 10.2. The number of hydrogen-bond acceptors (Lipinski definition) is 3. The summed E-state index contributed by atoms with van der Waals surface area (Å²) in [5, 5.41) is 2.53. The van der Waals surface area contributed by atoms with E-state index in [1.807, 2.05) is 0 Å². The molecule has 0 aromatic heterocycles. The van der Waals surface area contributed by atoms with E-state index < -0.39 is 12.7 Å². The van der Waals surface area contributed by atoms with Crippen LogP contribution in [0.3, 0.4) is 0 Å². The molecule has 1 rings (SSSR count). The molecule has 4 nitrogen and oxygen atoms in total. The van der Waals surface area contributed by atoms with E-state index in [1.54, 1.807) is 12.1 Å². The second kappa shape index (κ2) is 8.29. The molecule has 0 fully saturated rings. The summed E-state index contributed by atoms with van der Waals surface area (Å²) in [6.45, 7) is -1.30. The van der Waals surface area contributed by atoms with Crippen molar-refractivity contribution in [1.29, 1.82) is 0 Å². The molecule has 1 amide bonds. The van der Waals surface area contributed by atoms with E-state index in [1.165, 1.54) is 13.0 Å². The van der Waals surface area contributed by atoms with Crippen LogP contribution >= 0.6 is 28.3 Å². The summed E-state index contributed by atoms with van der Waals surface area (Å²) in [4.78, 5) is 11.3. The van der Waals surface area contributed by atoms with E-state index in [2.05, 4.69) is 26.0 Å². The molecule has 3 N–H and O–H groups in total. The summed E-state index contributed by atoms with van der Waals surface area (Å²) >= 11 is 3.22. The van der Waals surface area contributed by atoms with Gasteiger partial charge in [-0.25, -0.2) is 0 Å². The third-order valence-corrected chi connectivity index (χ3v) is 2.60. The highest BCUT2D eigenvalue weighted by Gasteiger charge is 2.12. The zero-order chi connectivity index (χ0) is 13.7. The van der Waals surface area contributed by atoms with E-state index in [0.29, 0.717) is 10.0 Å². The SMILES string of the molecule is C[C@H](N)C(=O)NCc1cc(Br)ccc1OC(F)F.Cl. The first-order valence-corrected chi connectivity index (χ1v) is 5.96. The maximum atomic E-state index is 12.2. The molecule has 0 aliphatic heterocycles. The fourth-order valence-electron chi connectivity index (χ4n) is 1.24. The van der Waals surface area contributed by atoms with Crippen molar-refractivity contribution >= 4 is 34.2 Å². The van der Waals surface area contributed by atoms with Crippen LogP contribution in [0, 0.1) is 0 Å². The number of carbonyl (C=O) groups excluding carboxylic acids is 1. The molecule has 0 aliphatic rings. The molecule has 0 unspecified atom stereocenters. The van der Waals surface area contributed by atoms with Crippen molar-refractivity contribution in [3.8, 4) is 5.75 Å². The number of nitrogens with two attached hydrogens (primary N) is 1. The first kappa shape index (κ1) is 18.1. The van der Waals surface area contributed by atoms with Gasteiger partial charge in [0, 0.05) is 16.6 Å². The topological polar surface area (TPSA) is 64.4 Å². The van der Waals surface area contributed by atoms with Crippen LogP contribution in [0.2, 0.25) is 0 Å². The van der Waals surface area contributed by atoms with Gasteiger partial charge in [-0.2, -0.15) is 8.78 Å². The molecule has 0 saturated heterocycles. The van der Waals surface area contributed by atoms with Gasteiger partial charge < -0.3 is 15.8 Å². The Morgan fingerprint density at radius 3 is 2.68 bits per heavy atom. The Balaban J connectivity index is 0.00000324. The quantitative estimate of drug-likeness (QED) is 0.849. The summed E-state index contributed by atoms with van der Waals surface area (Å²) in [5.41, 5.74) is 5.82. The molecule has 0 bridgehead atoms. The van der Waals surface area contributed by atoms with Crippen molar-refractivity contribution in [2.45, 2.75) is 26.1 Å². The van der Waals surface area contributed by atoms with Gasteiger partial charge in [0.05, 0.1) is 6.04 Å². The van der Waals surface area contributed by atoms with Crippen molar-refractivity contribution in [3.63, 3.8) is 0 Å². The predicted octanol–water partition coefficient (Wildman–Crippen LogP) is 2.44. The second-order valence-electron chi connectivity index (χ2n) is 3.64. The normalized spacial score (nSPS) is 11.7. The third kappa shape index (κ3) is 6.17. The molecule has 1 atom stereocenters. The lowest BCUT2D eigenvalue weighted by molar-refractivity contribution is -0.122. The Morgan fingerprint density at radius 1 is 1.53 bits per heavy atom. The van der Waals surface area contributed by atoms with Gasteiger partial charge in [0.15, 0.2) is 0 Å². The molecule has 0 saturated carbocycles. The maximum Gasteiger partial charge on any atom is 0.387 e. The second-order valence-corrected chi connectivity index (χ2v) is 4.55. The van der Waals surface area contributed by atoms with E-state index in [0.717, 1.165) is 0 Å².